The van der Waals surface area contributed by atoms with Gasteiger partial charge in [-0.15, -0.1) is 0 Å². The van der Waals surface area contributed by atoms with E-state index in [9.17, 15) is 4.79 Å². The third-order valence-electron chi connectivity index (χ3n) is 0.961. The number of ether oxygens (including phenoxy) is 1. The summed E-state index contributed by atoms with van der Waals surface area (Å²) in [6, 6.07) is 1.73. The van der Waals surface area contributed by atoms with Gasteiger partial charge in [0, 0.05) is 5.92 Å². The Morgan fingerprint density at radius 2 is 2.20 bits per heavy atom. The summed E-state index contributed by atoms with van der Waals surface area (Å²) in [5, 5.41) is 16.4. The van der Waals surface area contributed by atoms with Gasteiger partial charge in [0.25, 0.3) is 0 Å². The smallest absolute Gasteiger partial charge is 0.450 e. The topological polar surface area (TPSA) is 70.3 Å². The zero-order valence-corrected chi connectivity index (χ0v) is 5.87. The molecule has 0 aliphatic carbocycles. The highest BCUT2D eigenvalue weighted by Gasteiger charge is 2.15. The van der Waals surface area contributed by atoms with Gasteiger partial charge in [-0.1, -0.05) is 13.8 Å². The van der Waals surface area contributed by atoms with E-state index in [4.69, 9.17) is 10.4 Å². The van der Waals surface area contributed by atoms with Gasteiger partial charge in [-0.3, -0.25) is 0 Å². The average Bonchev–Trinajstić information content (AvgIpc) is 1.81. The van der Waals surface area contributed by atoms with Gasteiger partial charge in [0.05, 0.1) is 0 Å². The van der Waals surface area contributed by atoms with Gasteiger partial charge in [-0.25, -0.2) is 4.79 Å². The Bertz CT molecular complexity index is 159. The van der Waals surface area contributed by atoms with Crippen molar-refractivity contribution in [1.29, 1.82) is 5.26 Å². The fourth-order valence-electron chi connectivity index (χ4n) is 0.420. The van der Waals surface area contributed by atoms with Crippen LogP contribution in [0.3, 0.4) is 0 Å². The SMILES string of the molecule is CC(C)C(C#N)OC(=O)O. The Morgan fingerprint density at radius 3 is 2.30 bits per heavy atom. The quantitative estimate of drug-likeness (QED) is 0.590. The van der Waals surface area contributed by atoms with Crippen LogP contribution in [0.2, 0.25) is 0 Å². The van der Waals surface area contributed by atoms with E-state index >= 15 is 0 Å². The van der Waals surface area contributed by atoms with Gasteiger partial charge in [-0.2, -0.15) is 5.26 Å². The second-order valence-electron chi connectivity index (χ2n) is 2.18. The lowest BCUT2D eigenvalue weighted by atomic mass is 10.1. The molecule has 1 unspecified atom stereocenters. The molecule has 0 saturated heterocycles. The van der Waals surface area contributed by atoms with Gasteiger partial charge < -0.3 is 9.84 Å². The third kappa shape index (κ3) is 2.92. The minimum atomic E-state index is -1.40. The maximum Gasteiger partial charge on any atom is 0.507 e. The molecule has 0 bridgehead atoms. The van der Waals surface area contributed by atoms with Crippen molar-refractivity contribution in [1.82, 2.24) is 0 Å². The molecule has 0 aromatic heterocycles. The molecule has 10 heavy (non-hydrogen) atoms. The zero-order chi connectivity index (χ0) is 8.15. The van der Waals surface area contributed by atoms with Gasteiger partial charge in [0.2, 0.25) is 0 Å². The molecule has 0 amide bonds. The van der Waals surface area contributed by atoms with Crippen LogP contribution in [0.4, 0.5) is 4.79 Å². The molecule has 0 radical (unpaired) electrons. The monoisotopic (exact) mass is 143 g/mol. The van der Waals surface area contributed by atoms with E-state index < -0.39 is 12.3 Å². The molecule has 0 aliphatic heterocycles. The molecular weight excluding hydrogens is 134 g/mol. The van der Waals surface area contributed by atoms with Crippen LogP contribution in [0.5, 0.6) is 0 Å². The predicted molar refractivity (Wildman–Crippen MR) is 33.3 cm³/mol. The molecule has 4 heteroatoms. The van der Waals surface area contributed by atoms with Crippen LogP contribution in [0, 0.1) is 17.2 Å². The van der Waals surface area contributed by atoms with Gasteiger partial charge in [-0.05, 0) is 0 Å². The molecule has 0 heterocycles. The van der Waals surface area contributed by atoms with Crippen molar-refractivity contribution in [3.8, 4) is 6.07 Å². The normalized spacial score (nSPS) is 12.2. The third-order valence-corrected chi connectivity index (χ3v) is 0.961. The first-order chi connectivity index (χ1) is 4.57. The van der Waals surface area contributed by atoms with E-state index in [1.54, 1.807) is 19.9 Å². The van der Waals surface area contributed by atoms with Crippen LogP contribution in [0.1, 0.15) is 13.8 Å². The van der Waals surface area contributed by atoms with Crippen LogP contribution in [0.25, 0.3) is 0 Å². The van der Waals surface area contributed by atoms with Crippen LogP contribution < -0.4 is 0 Å². The number of rotatable bonds is 2. The Hall–Kier alpha value is -1.24. The van der Waals surface area contributed by atoms with E-state index in [2.05, 4.69) is 4.74 Å². The molecule has 0 aromatic carbocycles. The van der Waals surface area contributed by atoms with E-state index in [1.165, 1.54) is 0 Å². The van der Waals surface area contributed by atoms with Gasteiger partial charge in [0.1, 0.15) is 6.07 Å². The van der Waals surface area contributed by atoms with Crippen molar-refractivity contribution in [3.63, 3.8) is 0 Å². The summed E-state index contributed by atoms with van der Waals surface area (Å²) >= 11 is 0. The van der Waals surface area contributed by atoms with Crippen LogP contribution >= 0.6 is 0 Å². The lowest BCUT2D eigenvalue weighted by Crippen LogP contribution is -2.20. The van der Waals surface area contributed by atoms with Crippen molar-refractivity contribution in [2.24, 2.45) is 5.92 Å². The zero-order valence-electron chi connectivity index (χ0n) is 5.87. The summed E-state index contributed by atoms with van der Waals surface area (Å²) in [5.41, 5.74) is 0. The molecular formula is C6H9NO3. The standard InChI is InChI=1S/C6H9NO3/c1-4(2)5(3-7)10-6(8)9/h4-5H,1-2H3,(H,8,9). The highest BCUT2D eigenvalue weighted by atomic mass is 16.7. The molecule has 0 rings (SSSR count). The maximum atomic E-state index is 9.90. The van der Waals surface area contributed by atoms with Crippen LogP contribution in [0.15, 0.2) is 0 Å². The van der Waals surface area contributed by atoms with Crippen molar-refractivity contribution in [2.75, 3.05) is 0 Å². The fraction of sp³-hybridized carbons (Fsp3) is 0.667. The first-order valence-corrected chi connectivity index (χ1v) is 2.87. The van der Waals surface area contributed by atoms with Crippen molar-refractivity contribution < 1.29 is 14.6 Å². The van der Waals surface area contributed by atoms with Gasteiger partial charge >= 0.3 is 6.16 Å². The highest BCUT2D eigenvalue weighted by Crippen LogP contribution is 2.04. The molecule has 0 saturated carbocycles. The number of hydrogen-bond acceptors (Lipinski definition) is 3. The Kier molecular flexibility index (Phi) is 3.26. The molecule has 56 valence electrons. The summed E-state index contributed by atoms with van der Waals surface area (Å²) < 4.78 is 4.22. The molecule has 0 aromatic rings. The van der Waals surface area contributed by atoms with Crippen molar-refractivity contribution >= 4 is 6.16 Å². The largest absolute Gasteiger partial charge is 0.507 e. The lowest BCUT2D eigenvalue weighted by Gasteiger charge is -2.10. The summed E-state index contributed by atoms with van der Waals surface area (Å²) in [7, 11) is 0. The summed E-state index contributed by atoms with van der Waals surface area (Å²) in [6.07, 6.45) is -2.25. The lowest BCUT2D eigenvalue weighted by molar-refractivity contribution is 0.0556. The van der Waals surface area contributed by atoms with E-state index in [0.717, 1.165) is 0 Å². The first-order valence-electron chi connectivity index (χ1n) is 2.87. The summed E-state index contributed by atoms with van der Waals surface area (Å²) in [5.74, 6) is -0.0962. The average molecular weight is 143 g/mol. The fourth-order valence-corrected chi connectivity index (χ4v) is 0.420. The number of nitriles is 1. The van der Waals surface area contributed by atoms with E-state index in [1.807, 2.05) is 0 Å². The van der Waals surface area contributed by atoms with E-state index in [-0.39, 0.29) is 5.92 Å². The Balaban J connectivity index is 3.87. The Morgan fingerprint density at radius 1 is 1.70 bits per heavy atom. The molecule has 0 spiro atoms. The molecule has 1 atom stereocenters. The number of nitrogens with zero attached hydrogens (tertiary/aromatic N) is 1. The summed E-state index contributed by atoms with van der Waals surface area (Å²) in [6.45, 7) is 3.44. The summed E-state index contributed by atoms with van der Waals surface area (Å²) in [4.78, 5) is 9.90. The van der Waals surface area contributed by atoms with Crippen LogP contribution in [-0.4, -0.2) is 17.4 Å². The molecule has 0 fully saturated rings. The van der Waals surface area contributed by atoms with Crippen molar-refractivity contribution in [2.45, 2.75) is 20.0 Å². The molecule has 1 N–H and O–H groups in total. The minimum Gasteiger partial charge on any atom is -0.450 e. The van der Waals surface area contributed by atoms with Gasteiger partial charge in [0.15, 0.2) is 6.10 Å². The second kappa shape index (κ2) is 3.72. The minimum absolute atomic E-state index is 0.0962. The number of carboxylic acid groups (broad SMARTS) is 1. The highest BCUT2D eigenvalue weighted by molar-refractivity contribution is 5.57. The van der Waals surface area contributed by atoms with E-state index in [0.29, 0.717) is 0 Å². The Labute approximate surface area is 59.0 Å². The maximum absolute atomic E-state index is 9.90. The second-order valence-corrected chi connectivity index (χ2v) is 2.18. The molecule has 0 aliphatic rings. The number of hydrogen-bond donors (Lipinski definition) is 1. The number of carbonyl (C=O) groups is 1. The predicted octanol–water partition coefficient (Wildman–Crippen LogP) is 1.23. The van der Waals surface area contributed by atoms with Crippen LogP contribution in [-0.2, 0) is 4.74 Å². The molecule has 4 nitrogen and oxygen atoms in total. The first kappa shape index (κ1) is 8.76. The van der Waals surface area contributed by atoms with Crippen molar-refractivity contribution in [3.05, 3.63) is 0 Å².